The molecule has 1 N–H and O–H groups in total. The summed E-state index contributed by atoms with van der Waals surface area (Å²) in [4.78, 5) is 11.3. The van der Waals surface area contributed by atoms with E-state index in [0.717, 1.165) is 11.3 Å². The third kappa shape index (κ3) is 1.80. The van der Waals surface area contributed by atoms with Crippen molar-refractivity contribution in [3.63, 3.8) is 0 Å². The number of aryl methyl sites for hydroxylation is 1. The minimum absolute atomic E-state index is 0.0129. The summed E-state index contributed by atoms with van der Waals surface area (Å²) in [5, 5.41) is 8.86. The molecule has 0 radical (unpaired) electrons. The zero-order valence-electron chi connectivity index (χ0n) is 8.70. The lowest BCUT2D eigenvalue weighted by atomic mass is 10.3. The summed E-state index contributed by atoms with van der Waals surface area (Å²) in [5.74, 6) is -0.366. The minimum atomic E-state index is -0.366. The van der Waals surface area contributed by atoms with Gasteiger partial charge in [0.2, 0.25) is 0 Å². The molecule has 78 valence electrons. The number of methoxy groups -OCH3 is 1. The molecule has 0 spiro atoms. The van der Waals surface area contributed by atoms with E-state index in [4.69, 9.17) is 5.11 Å². The normalized spacial score (nSPS) is 10.3. The van der Waals surface area contributed by atoms with Crippen molar-refractivity contribution in [2.24, 2.45) is 0 Å². The smallest absolute Gasteiger partial charge is 0.354 e. The quantitative estimate of drug-likeness (QED) is 0.732. The average Bonchev–Trinajstić information content (AvgIpc) is 2.45. The molecule has 0 bridgehead atoms. The molecule has 0 unspecified atom stereocenters. The summed E-state index contributed by atoms with van der Waals surface area (Å²) in [7, 11) is 1.35. The molecule has 0 fully saturated rings. The van der Waals surface area contributed by atoms with Gasteiger partial charge in [-0.15, -0.1) is 0 Å². The van der Waals surface area contributed by atoms with Gasteiger partial charge < -0.3 is 14.4 Å². The van der Waals surface area contributed by atoms with Gasteiger partial charge in [-0.1, -0.05) is 0 Å². The second-order valence-corrected chi connectivity index (χ2v) is 3.16. The van der Waals surface area contributed by atoms with E-state index >= 15 is 0 Å². The van der Waals surface area contributed by atoms with Gasteiger partial charge in [0.15, 0.2) is 0 Å². The monoisotopic (exact) mass is 197 g/mol. The molecule has 0 saturated heterocycles. The Hall–Kier alpha value is -1.29. The number of aromatic nitrogens is 1. The Balaban J connectivity index is 3.14. The van der Waals surface area contributed by atoms with E-state index < -0.39 is 0 Å². The highest BCUT2D eigenvalue weighted by Gasteiger charge is 2.15. The number of hydrogen-bond acceptors (Lipinski definition) is 3. The summed E-state index contributed by atoms with van der Waals surface area (Å²) in [5.41, 5.74) is 2.51. The van der Waals surface area contributed by atoms with Crippen molar-refractivity contribution in [2.45, 2.75) is 20.4 Å². The lowest BCUT2D eigenvalue weighted by Gasteiger charge is -2.08. The van der Waals surface area contributed by atoms with Gasteiger partial charge in [0.1, 0.15) is 5.69 Å². The Labute approximate surface area is 83.1 Å². The number of esters is 1. The van der Waals surface area contributed by atoms with Crippen molar-refractivity contribution < 1.29 is 14.6 Å². The van der Waals surface area contributed by atoms with E-state index in [0.29, 0.717) is 12.2 Å². The van der Waals surface area contributed by atoms with Gasteiger partial charge in [-0.05, 0) is 25.5 Å². The zero-order chi connectivity index (χ0) is 10.7. The molecule has 4 heteroatoms. The van der Waals surface area contributed by atoms with Crippen molar-refractivity contribution in [3.05, 3.63) is 23.0 Å². The zero-order valence-corrected chi connectivity index (χ0v) is 8.70. The van der Waals surface area contributed by atoms with E-state index in [2.05, 4.69) is 4.74 Å². The molecule has 14 heavy (non-hydrogen) atoms. The highest BCUT2D eigenvalue weighted by atomic mass is 16.5. The number of carbonyl (C=O) groups excluding carboxylic acids is 1. The molecule has 1 rings (SSSR count). The molecule has 0 atom stereocenters. The molecule has 0 saturated carbocycles. The second-order valence-electron chi connectivity index (χ2n) is 3.16. The van der Waals surface area contributed by atoms with E-state index in [1.54, 1.807) is 10.6 Å². The molecular formula is C10H15NO3. The average molecular weight is 197 g/mol. The number of carbonyl (C=O) groups is 1. The first-order valence-corrected chi connectivity index (χ1v) is 4.47. The molecule has 1 aromatic rings. The van der Waals surface area contributed by atoms with Crippen molar-refractivity contribution in [2.75, 3.05) is 13.7 Å². The Kier molecular flexibility index (Phi) is 3.30. The van der Waals surface area contributed by atoms with Crippen LogP contribution in [0, 0.1) is 13.8 Å². The van der Waals surface area contributed by atoms with Crippen LogP contribution in [0.4, 0.5) is 0 Å². The van der Waals surface area contributed by atoms with Gasteiger partial charge in [-0.3, -0.25) is 0 Å². The molecule has 4 nitrogen and oxygen atoms in total. The number of aliphatic hydroxyl groups is 1. The van der Waals surface area contributed by atoms with Gasteiger partial charge >= 0.3 is 5.97 Å². The van der Waals surface area contributed by atoms with Crippen molar-refractivity contribution in [1.29, 1.82) is 0 Å². The number of hydrogen-bond donors (Lipinski definition) is 1. The van der Waals surface area contributed by atoms with Crippen LogP contribution in [0.25, 0.3) is 0 Å². The van der Waals surface area contributed by atoms with E-state index in [9.17, 15) is 4.79 Å². The Morgan fingerprint density at radius 2 is 2.21 bits per heavy atom. The summed E-state index contributed by atoms with van der Waals surface area (Å²) in [6.45, 7) is 4.27. The third-order valence-corrected chi connectivity index (χ3v) is 2.34. The summed E-state index contributed by atoms with van der Waals surface area (Å²) < 4.78 is 6.42. The Morgan fingerprint density at radius 1 is 1.57 bits per heavy atom. The van der Waals surface area contributed by atoms with Crippen LogP contribution in [0.2, 0.25) is 0 Å². The molecule has 0 aromatic carbocycles. The summed E-state index contributed by atoms with van der Waals surface area (Å²) in [6, 6.07) is 1.77. The minimum Gasteiger partial charge on any atom is -0.464 e. The first kappa shape index (κ1) is 10.8. The predicted molar refractivity (Wildman–Crippen MR) is 52.3 cm³/mol. The van der Waals surface area contributed by atoms with Crippen molar-refractivity contribution in [1.82, 2.24) is 4.57 Å². The maximum Gasteiger partial charge on any atom is 0.354 e. The molecule has 0 aliphatic carbocycles. The summed E-state index contributed by atoms with van der Waals surface area (Å²) in [6.07, 6.45) is 0. The van der Waals surface area contributed by atoms with Crippen LogP contribution in [0.5, 0.6) is 0 Å². The number of nitrogens with zero attached hydrogens (tertiary/aromatic N) is 1. The predicted octanol–water partition coefficient (Wildman–Crippen LogP) is 0.884. The topological polar surface area (TPSA) is 51.5 Å². The van der Waals surface area contributed by atoms with Gasteiger partial charge in [0, 0.05) is 12.2 Å². The van der Waals surface area contributed by atoms with Crippen LogP contribution in [-0.2, 0) is 11.3 Å². The van der Waals surface area contributed by atoms with Gasteiger partial charge in [-0.2, -0.15) is 0 Å². The fourth-order valence-corrected chi connectivity index (χ4v) is 1.44. The Morgan fingerprint density at radius 3 is 2.71 bits per heavy atom. The van der Waals surface area contributed by atoms with Crippen LogP contribution in [0.3, 0.4) is 0 Å². The van der Waals surface area contributed by atoms with E-state index in [1.807, 2.05) is 13.8 Å². The lowest BCUT2D eigenvalue weighted by molar-refractivity contribution is 0.0587. The molecular weight excluding hydrogens is 182 g/mol. The van der Waals surface area contributed by atoms with Crippen LogP contribution in [0.1, 0.15) is 21.7 Å². The molecule has 1 heterocycles. The number of aliphatic hydroxyl groups excluding tert-OH is 1. The van der Waals surface area contributed by atoms with E-state index in [-0.39, 0.29) is 12.6 Å². The fourth-order valence-electron chi connectivity index (χ4n) is 1.44. The van der Waals surface area contributed by atoms with Crippen LogP contribution in [-0.4, -0.2) is 29.4 Å². The molecule has 1 aromatic heterocycles. The first-order chi connectivity index (χ1) is 6.61. The van der Waals surface area contributed by atoms with Gasteiger partial charge in [0.25, 0.3) is 0 Å². The third-order valence-electron chi connectivity index (χ3n) is 2.34. The highest BCUT2D eigenvalue weighted by molar-refractivity contribution is 5.88. The largest absolute Gasteiger partial charge is 0.464 e. The maximum absolute atomic E-state index is 11.3. The SMILES string of the molecule is COC(=O)c1cc(C)c(C)n1CCO. The lowest BCUT2D eigenvalue weighted by Crippen LogP contribution is -2.13. The van der Waals surface area contributed by atoms with Gasteiger partial charge in [0.05, 0.1) is 13.7 Å². The van der Waals surface area contributed by atoms with Crippen molar-refractivity contribution >= 4 is 5.97 Å². The first-order valence-electron chi connectivity index (χ1n) is 4.47. The number of rotatable bonds is 3. The van der Waals surface area contributed by atoms with Gasteiger partial charge in [-0.25, -0.2) is 4.79 Å². The fraction of sp³-hybridized carbons (Fsp3) is 0.500. The number of ether oxygens (including phenoxy) is 1. The maximum atomic E-state index is 11.3. The van der Waals surface area contributed by atoms with Crippen LogP contribution < -0.4 is 0 Å². The standard InChI is InChI=1S/C10H15NO3/c1-7-6-9(10(13)14-3)11(4-5-12)8(7)2/h6,12H,4-5H2,1-3H3. The molecule has 0 amide bonds. The Bertz CT molecular complexity index is 341. The second kappa shape index (κ2) is 4.28. The molecule has 0 aliphatic heterocycles. The van der Waals surface area contributed by atoms with Crippen LogP contribution in [0.15, 0.2) is 6.07 Å². The van der Waals surface area contributed by atoms with Crippen LogP contribution >= 0.6 is 0 Å². The van der Waals surface area contributed by atoms with Crippen molar-refractivity contribution in [3.8, 4) is 0 Å². The highest BCUT2D eigenvalue weighted by Crippen LogP contribution is 2.15. The molecule has 0 aliphatic rings. The van der Waals surface area contributed by atoms with E-state index in [1.165, 1.54) is 7.11 Å². The summed E-state index contributed by atoms with van der Waals surface area (Å²) >= 11 is 0.